The zero-order chi connectivity index (χ0) is 19.5. The molecule has 2 aromatic rings. The number of carbonyl (C=O) groups excluding carboxylic acids is 1. The number of hydrogen-bond acceptors (Lipinski definition) is 5. The molecule has 2 N–H and O–H groups in total. The normalized spacial score (nSPS) is 11.4. The van der Waals surface area contributed by atoms with E-state index in [0.29, 0.717) is 11.3 Å². The molecular formula is C17H19N3O5S. The van der Waals surface area contributed by atoms with Gasteiger partial charge in [0.25, 0.3) is 11.6 Å². The average Bonchev–Trinajstić information content (AvgIpc) is 2.53. The lowest BCUT2D eigenvalue weighted by atomic mass is 10.1. The summed E-state index contributed by atoms with van der Waals surface area (Å²) in [6, 6.07) is 9.78. The first-order valence-electron chi connectivity index (χ1n) is 7.79. The van der Waals surface area contributed by atoms with Crippen LogP contribution in [-0.4, -0.2) is 25.3 Å². The minimum Gasteiger partial charge on any atom is -0.322 e. The molecule has 0 aromatic heterocycles. The zero-order valence-electron chi connectivity index (χ0n) is 14.5. The standard InChI is InChI=1S/C17H19N3O5S/c1-11(2)19-26(24,25)14-9-7-13(8-10-14)18-17(21)15-6-4-5-12(3)16(15)20(22)23/h4-11,19H,1-3H3,(H,18,21). The summed E-state index contributed by atoms with van der Waals surface area (Å²) in [6.45, 7) is 4.97. The van der Waals surface area contributed by atoms with Crippen LogP contribution in [0.4, 0.5) is 11.4 Å². The van der Waals surface area contributed by atoms with E-state index in [0.717, 1.165) is 0 Å². The molecule has 2 aromatic carbocycles. The summed E-state index contributed by atoms with van der Waals surface area (Å²) in [7, 11) is -3.63. The van der Waals surface area contributed by atoms with Gasteiger partial charge in [-0.3, -0.25) is 14.9 Å². The van der Waals surface area contributed by atoms with Gasteiger partial charge in [0.05, 0.1) is 9.82 Å². The molecule has 0 spiro atoms. The molecule has 0 unspecified atom stereocenters. The Hall–Kier alpha value is -2.78. The van der Waals surface area contributed by atoms with Gasteiger partial charge in [-0.05, 0) is 51.1 Å². The van der Waals surface area contributed by atoms with Gasteiger partial charge in [-0.1, -0.05) is 12.1 Å². The maximum absolute atomic E-state index is 12.4. The second kappa shape index (κ2) is 7.63. The van der Waals surface area contributed by atoms with Gasteiger partial charge in [-0.25, -0.2) is 13.1 Å². The highest BCUT2D eigenvalue weighted by molar-refractivity contribution is 7.89. The molecule has 0 saturated carbocycles. The van der Waals surface area contributed by atoms with Crippen LogP contribution in [0, 0.1) is 17.0 Å². The first kappa shape index (κ1) is 19.5. The molecule has 0 aliphatic rings. The minimum absolute atomic E-state index is 0.0609. The summed E-state index contributed by atoms with van der Waals surface area (Å²) in [4.78, 5) is 23.0. The van der Waals surface area contributed by atoms with Crippen LogP contribution in [0.25, 0.3) is 0 Å². The summed E-state index contributed by atoms with van der Waals surface area (Å²) < 4.78 is 26.6. The molecule has 0 fully saturated rings. The molecule has 0 aliphatic carbocycles. The van der Waals surface area contributed by atoms with Crippen molar-refractivity contribution in [2.45, 2.75) is 31.7 Å². The molecule has 0 bridgehead atoms. The Kier molecular flexibility index (Phi) is 5.73. The number of carbonyl (C=O) groups is 1. The summed E-state index contributed by atoms with van der Waals surface area (Å²) in [5.41, 5.74) is 0.386. The zero-order valence-corrected chi connectivity index (χ0v) is 15.3. The van der Waals surface area contributed by atoms with Crippen LogP contribution in [0.5, 0.6) is 0 Å². The Bertz CT molecular complexity index is 937. The molecule has 0 aliphatic heterocycles. The molecule has 2 rings (SSSR count). The van der Waals surface area contributed by atoms with E-state index in [1.54, 1.807) is 32.9 Å². The van der Waals surface area contributed by atoms with Crippen LogP contribution in [0.1, 0.15) is 29.8 Å². The average molecular weight is 377 g/mol. The number of sulfonamides is 1. The highest BCUT2D eigenvalue weighted by Crippen LogP contribution is 2.24. The molecule has 9 heteroatoms. The molecule has 0 saturated heterocycles. The molecule has 8 nitrogen and oxygen atoms in total. The van der Waals surface area contributed by atoms with Crippen LogP contribution in [0.2, 0.25) is 0 Å². The second-order valence-electron chi connectivity index (χ2n) is 5.98. The van der Waals surface area contributed by atoms with Crippen LogP contribution in [0.3, 0.4) is 0 Å². The largest absolute Gasteiger partial charge is 0.322 e. The van der Waals surface area contributed by atoms with Crippen LogP contribution in [0.15, 0.2) is 47.4 Å². The first-order chi connectivity index (χ1) is 12.1. The maximum Gasteiger partial charge on any atom is 0.285 e. The quantitative estimate of drug-likeness (QED) is 0.593. The van der Waals surface area contributed by atoms with Crippen molar-refractivity contribution < 1.29 is 18.1 Å². The number of nitrogens with one attached hydrogen (secondary N) is 2. The second-order valence-corrected chi connectivity index (χ2v) is 7.70. The van der Waals surface area contributed by atoms with E-state index < -0.39 is 20.9 Å². The predicted molar refractivity (Wildman–Crippen MR) is 97.7 cm³/mol. The number of nitro groups is 1. The monoisotopic (exact) mass is 377 g/mol. The van der Waals surface area contributed by atoms with Crippen molar-refractivity contribution in [2.75, 3.05) is 5.32 Å². The highest BCUT2D eigenvalue weighted by atomic mass is 32.2. The van der Waals surface area contributed by atoms with E-state index in [9.17, 15) is 23.3 Å². The van der Waals surface area contributed by atoms with E-state index in [2.05, 4.69) is 10.0 Å². The number of para-hydroxylation sites is 1. The summed E-state index contributed by atoms with van der Waals surface area (Å²) in [5.74, 6) is -0.642. The lowest BCUT2D eigenvalue weighted by Gasteiger charge is -2.11. The topological polar surface area (TPSA) is 118 Å². The first-order valence-corrected chi connectivity index (χ1v) is 9.28. The van der Waals surface area contributed by atoms with Gasteiger partial charge >= 0.3 is 0 Å². The Labute approximate surface area is 151 Å². The number of anilines is 1. The Morgan fingerprint density at radius 3 is 2.27 bits per heavy atom. The highest BCUT2D eigenvalue weighted by Gasteiger charge is 2.22. The Morgan fingerprint density at radius 1 is 1.12 bits per heavy atom. The third kappa shape index (κ3) is 4.44. The fraction of sp³-hybridized carbons (Fsp3) is 0.235. The SMILES string of the molecule is Cc1cccc(C(=O)Nc2ccc(S(=O)(=O)NC(C)C)cc2)c1[N+](=O)[O-]. The lowest BCUT2D eigenvalue weighted by Crippen LogP contribution is -2.30. The third-order valence-corrected chi connectivity index (χ3v) is 5.15. The van der Waals surface area contributed by atoms with Gasteiger partial charge in [-0.2, -0.15) is 0 Å². The van der Waals surface area contributed by atoms with Crippen molar-refractivity contribution in [2.24, 2.45) is 0 Å². The Morgan fingerprint density at radius 2 is 1.73 bits per heavy atom. The fourth-order valence-electron chi connectivity index (χ4n) is 2.38. The van der Waals surface area contributed by atoms with E-state index >= 15 is 0 Å². The van der Waals surface area contributed by atoms with E-state index in [1.165, 1.54) is 30.3 Å². The molecule has 138 valence electrons. The summed E-state index contributed by atoms with van der Waals surface area (Å²) in [6.07, 6.45) is 0. The van der Waals surface area contributed by atoms with E-state index in [1.807, 2.05) is 0 Å². The number of hydrogen-bond donors (Lipinski definition) is 2. The van der Waals surface area contributed by atoms with Crippen molar-refractivity contribution in [3.05, 3.63) is 63.7 Å². The van der Waals surface area contributed by atoms with Crippen LogP contribution in [-0.2, 0) is 10.0 Å². The molecule has 1 amide bonds. The number of amides is 1. The predicted octanol–water partition coefficient (Wildman–Crippen LogP) is 2.84. The van der Waals surface area contributed by atoms with Gasteiger partial charge in [-0.15, -0.1) is 0 Å². The van der Waals surface area contributed by atoms with Crippen molar-refractivity contribution in [3.63, 3.8) is 0 Å². The lowest BCUT2D eigenvalue weighted by molar-refractivity contribution is -0.385. The third-order valence-electron chi connectivity index (χ3n) is 3.48. The van der Waals surface area contributed by atoms with Crippen molar-refractivity contribution >= 4 is 27.3 Å². The van der Waals surface area contributed by atoms with Crippen LogP contribution >= 0.6 is 0 Å². The van der Waals surface area contributed by atoms with Gasteiger partial charge in [0, 0.05) is 17.3 Å². The summed E-state index contributed by atoms with van der Waals surface area (Å²) in [5, 5.41) is 13.7. The molecule has 26 heavy (non-hydrogen) atoms. The van der Waals surface area contributed by atoms with Crippen molar-refractivity contribution in [1.29, 1.82) is 0 Å². The number of benzene rings is 2. The van der Waals surface area contributed by atoms with Gasteiger partial charge in [0.15, 0.2) is 0 Å². The minimum atomic E-state index is -3.63. The van der Waals surface area contributed by atoms with Gasteiger partial charge in [0.2, 0.25) is 10.0 Å². The van der Waals surface area contributed by atoms with Crippen LogP contribution < -0.4 is 10.0 Å². The van der Waals surface area contributed by atoms with E-state index in [4.69, 9.17) is 0 Å². The molecule has 0 atom stereocenters. The smallest absolute Gasteiger partial charge is 0.285 e. The Balaban J connectivity index is 2.24. The number of nitro benzene ring substituents is 1. The molecular weight excluding hydrogens is 358 g/mol. The fourth-order valence-corrected chi connectivity index (χ4v) is 3.63. The number of rotatable bonds is 6. The van der Waals surface area contributed by atoms with Gasteiger partial charge in [0.1, 0.15) is 5.56 Å². The molecule has 0 radical (unpaired) electrons. The number of aryl methyl sites for hydroxylation is 1. The number of nitrogens with zero attached hydrogens (tertiary/aromatic N) is 1. The van der Waals surface area contributed by atoms with Gasteiger partial charge < -0.3 is 5.32 Å². The maximum atomic E-state index is 12.4. The summed E-state index contributed by atoms with van der Waals surface area (Å²) >= 11 is 0. The molecule has 0 heterocycles. The van der Waals surface area contributed by atoms with Crippen molar-refractivity contribution in [3.8, 4) is 0 Å². The van der Waals surface area contributed by atoms with E-state index in [-0.39, 0.29) is 22.2 Å². The van der Waals surface area contributed by atoms with Crippen molar-refractivity contribution in [1.82, 2.24) is 4.72 Å².